The molecule has 0 aromatic carbocycles. The number of methoxy groups -OCH3 is 1. The number of rotatable bonds is 6. The quantitative estimate of drug-likeness (QED) is 0.722. The predicted octanol–water partition coefficient (Wildman–Crippen LogP) is 1.92. The lowest BCUT2D eigenvalue weighted by Gasteiger charge is -2.10. The second-order valence-corrected chi connectivity index (χ2v) is 4.11. The van der Waals surface area contributed by atoms with E-state index in [0.717, 1.165) is 18.9 Å². The van der Waals surface area contributed by atoms with Crippen molar-refractivity contribution in [2.75, 3.05) is 24.7 Å². The third-order valence-electron chi connectivity index (χ3n) is 2.29. The summed E-state index contributed by atoms with van der Waals surface area (Å²) in [4.78, 5) is 7.99. The second-order valence-electron chi connectivity index (χ2n) is 4.11. The number of hydrogen-bond donors (Lipinski definition) is 2. The van der Waals surface area contributed by atoms with Gasteiger partial charge in [0, 0.05) is 6.54 Å². The summed E-state index contributed by atoms with van der Waals surface area (Å²) in [5.74, 6) is 1.79. The first-order valence-corrected chi connectivity index (χ1v) is 5.53. The molecule has 90 valence electrons. The lowest BCUT2D eigenvalue weighted by molar-refractivity contribution is 0.399. The molecule has 5 nitrogen and oxygen atoms in total. The highest BCUT2D eigenvalue weighted by Crippen LogP contribution is 2.23. The Kier molecular flexibility index (Phi) is 4.82. The van der Waals surface area contributed by atoms with Crippen molar-refractivity contribution in [1.29, 1.82) is 0 Å². The second kappa shape index (κ2) is 6.15. The van der Waals surface area contributed by atoms with Gasteiger partial charge in [-0.1, -0.05) is 13.8 Å². The van der Waals surface area contributed by atoms with Gasteiger partial charge in [0.15, 0.2) is 5.82 Å². The molecule has 0 unspecified atom stereocenters. The SMILES string of the molecule is COc1ncnc(NCCCC(C)C)c1N. The van der Waals surface area contributed by atoms with E-state index in [9.17, 15) is 0 Å². The van der Waals surface area contributed by atoms with E-state index in [1.165, 1.54) is 12.7 Å². The lowest BCUT2D eigenvalue weighted by atomic mass is 10.1. The normalized spacial score (nSPS) is 10.5. The Hall–Kier alpha value is -1.52. The van der Waals surface area contributed by atoms with Gasteiger partial charge in [-0.25, -0.2) is 4.98 Å². The van der Waals surface area contributed by atoms with Gasteiger partial charge in [0.2, 0.25) is 5.88 Å². The van der Waals surface area contributed by atoms with E-state index >= 15 is 0 Å². The molecule has 0 amide bonds. The van der Waals surface area contributed by atoms with Gasteiger partial charge in [0.05, 0.1) is 7.11 Å². The molecule has 1 heterocycles. The van der Waals surface area contributed by atoms with Gasteiger partial charge < -0.3 is 15.8 Å². The van der Waals surface area contributed by atoms with Crippen molar-refractivity contribution in [1.82, 2.24) is 9.97 Å². The zero-order valence-electron chi connectivity index (χ0n) is 10.2. The summed E-state index contributed by atoms with van der Waals surface area (Å²) in [6, 6.07) is 0. The van der Waals surface area contributed by atoms with E-state index in [4.69, 9.17) is 10.5 Å². The van der Waals surface area contributed by atoms with Crippen LogP contribution in [0.5, 0.6) is 5.88 Å². The van der Waals surface area contributed by atoms with Gasteiger partial charge in [-0.15, -0.1) is 0 Å². The van der Waals surface area contributed by atoms with Crippen molar-refractivity contribution in [2.45, 2.75) is 26.7 Å². The van der Waals surface area contributed by atoms with Crippen LogP contribution in [0, 0.1) is 5.92 Å². The average Bonchev–Trinajstić information content (AvgIpc) is 2.26. The van der Waals surface area contributed by atoms with E-state index in [2.05, 4.69) is 29.1 Å². The van der Waals surface area contributed by atoms with Gasteiger partial charge in [0.25, 0.3) is 0 Å². The van der Waals surface area contributed by atoms with Crippen LogP contribution in [0.2, 0.25) is 0 Å². The number of anilines is 2. The zero-order chi connectivity index (χ0) is 12.0. The van der Waals surface area contributed by atoms with Gasteiger partial charge in [-0.05, 0) is 18.8 Å². The Labute approximate surface area is 96.4 Å². The molecule has 0 aliphatic rings. The summed E-state index contributed by atoms with van der Waals surface area (Å²) < 4.78 is 5.01. The predicted molar refractivity (Wildman–Crippen MR) is 65.6 cm³/mol. The first-order chi connectivity index (χ1) is 7.65. The number of hydrogen-bond acceptors (Lipinski definition) is 5. The molecule has 0 aliphatic carbocycles. The number of nitrogen functional groups attached to an aromatic ring is 1. The molecular formula is C11H20N4O. The van der Waals surface area contributed by atoms with E-state index in [-0.39, 0.29) is 0 Å². The van der Waals surface area contributed by atoms with Gasteiger partial charge >= 0.3 is 0 Å². The molecule has 5 heteroatoms. The minimum absolute atomic E-state index is 0.418. The number of nitrogens with two attached hydrogens (primary N) is 1. The zero-order valence-corrected chi connectivity index (χ0v) is 10.2. The van der Waals surface area contributed by atoms with Crippen LogP contribution < -0.4 is 15.8 Å². The smallest absolute Gasteiger partial charge is 0.242 e. The summed E-state index contributed by atoms with van der Waals surface area (Å²) in [6.07, 6.45) is 3.73. The van der Waals surface area contributed by atoms with E-state index in [1.54, 1.807) is 7.11 Å². The van der Waals surface area contributed by atoms with E-state index in [1.807, 2.05) is 0 Å². The molecular weight excluding hydrogens is 204 g/mol. The van der Waals surface area contributed by atoms with Gasteiger partial charge in [0.1, 0.15) is 12.0 Å². The summed E-state index contributed by atoms with van der Waals surface area (Å²) in [5.41, 5.74) is 6.29. The molecule has 16 heavy (non-hydrogen) atoms. The van der Waals surface area contributed by atoms with Crippen LogP contribution in [0.15, 0.2) is 6.33 Å². The Morgan fingerprint density at radius 1 is 1.44 bits per heavy atom. The molecule has 3 N–H and O–H groups in total. The standard InChI is InChI=1S/C11H20N4O/c1-8(2)5-4-6-13-10-9(12)11(16-3)15-7-14-10/h7-8H,4-6,12H2,1-3H3,(H,13,14,15). The first-order valence-electron chi connectivity index (χ1n) is 5.53. The number of nitrogens with zero attached hydrogens (tertiary/aromatic N) is 2. The minimum Gasteiger partial charge on any atom is -0.479 e. The van der Waals surface area contributed by atoms with Crippen LogP contribution in [0.1, 0.15) is 26.7 Å². The fraction of sp³-hybridized carbons (Fsp3) is 0.636. The topological polar surface area (TPSA) is 73.1 Å². The Morgan fingerprint density at radius 2 is 2.19 bits per heavy atom. The Balaban J connectivity index is 2.47. The fourth-order valence-electron chi connectivity index (χ4n) is 1.40. The van der Waals surface area contributed by atoms with Crippen molar-refractivity contribution in [3.63, 3.8) is 0 Å². The van der Waals surface area contributed by atoms with Crippen LogP contribution in [0.25, 0.3) is 0 Å². The third kappa shape index (κ3) is 3.56. The molecule has 0 spiro atoms. The highest BCUT2D eigenvalue weighted by molar-refractivity contribution is 5.66. The highest BCUT2D eigenvalue weighted by Gasteiger charge is 2.07. The molecule has 0 saturated heterocycles. The maximum absolute atomic E-state index is 5.82. The van der Waals surface area contributed by atoms with Crippen LogP contribution in [0.4, 0.5) is 11.5 Å². The van der Waals surface area contributed by atoms with Crippen molar-refractivity contribution in [3.05, 3.63) is 6.33 Å². The van der Waals surface area contributed by atoms with Crippen LogP contribution >= 0.6 is 0 Å². The fourth-order valence-corrected chi connectivity index (χ4v) is 1.40. The minimum atomic E-state index is 0.418. The summed E-state index contributed by atoms with van der Waals surface area (Å²) >= 11 is 0. The monoisotopic (exact) mass is 224 g/mol. The first kappa shape index (κ1) is 12.5. The third-order valence-corrected chi connectivity index (χ3v) is 2.29. The summed E-state index contributed by atoms with van der Waals surface area (Å²) in [5, 5.41) is 3.19. The van der Waals surface area contributed by atoms with Crippen molar-refractivity contribution < 1.29 is 4.74 Å². The van der Waals surface area contributed by atoms with E-state index < -0.39 is 0 Å². The van der Waals surface area contributed by atoms with Gasteiger partial charge in [-0.2, -0.15) is 4.98 Å². The van der Waals surface area contributed by atoms with E-state index in [0.29, 0.717) is 17.4 Å². The maximum Gasteiger partial charge on any atom is 0.242 e. The Morgan fingerprint density at radius 3 is 2.81 bits per heavy atom. The van der Waals surface area contributed by atoms with Crippen LogP contribution in [0.3, 0.4) is 0 Å². The molecule has 0 atom stereocenters. The summed E-state index contributed by atoms with van der Waals surface area (Å²) in [6.45, 7) is 5.28. The molecule has 1 aromatic heterocycles. The largest absolute Gasteiger partial charge is 0.479 e. The number of nitrogens with one attached hydrogen (secondary N) is 1. The molecule has 1 rings (SSSR count). The van der Waals surface area contributed by atoms with Gasteiger partial charge in [-0.3, -0.25) is 0 Å². The molecule has 0 radical (unpaired) electrons. The molecule has 0 bridgehead atoms. The lowest BCUT2D eigenvalue weighted by Crippen LogP contribution is -2.08. The molecule has 1 aromatic rings. The van der Waals surface area contributed by atoms with Crippen LogP contribution in [-0.4, -0.2) is 23.6 Å². The Bertz CT molecular complexity index is 328. The van der Waals surface area contributed by atoms with Crippen molar-refractivity contribution in [2.24, 2.45) is 5.92 Å². The molecule has 0 fully saturated rings. The maximum atomic E-state index is 5.82. The number of ether oxygens (including phenoxy) is 1. The number of aromatic nitrogens is 2. The molecule has 0 aliphatic heterocycles. The van der Waals surface area contributed by atoms with Crippen LogP contribution in [-0.2, 0) is 0 Å². The highest BCUT2D eigenvalue weighted by atomic mass is 16.5. The summed E-state index contributed by atoms with van der Waals surface area (Å²) in [7, 11) is 1.54. The molecule has 0 saturated carbocycles. The van der Waals surface area contributed by atoms with Crippen molar-refractivity contribution >= 4 is 11.5 Å². The van der Waals surface area contributed by atoms with Crippen molar-refractivity contribution in [3.8, 4) is 5.88 Å². The average molecular weight is 224 g/mol.